The van der Waals surface area contributed by atoms with Crippen molar-refractivity contribution in [2.75, 3.05) is 6.61 Å². The summed E-state index contributed by atoms with van der Waals surface area (Å²) in [6.45, 7) is 0.989. The van der Waals surface area contributed by atoms with Crippen LogP contribution in [0.5, 0.6) is 0 Å². The number of carbonyl (C=O) groups excluding carboxylic acids is 2. The molecule has 10 N–H and O–H groups in total. The smallest absolute Gasteiger partial charge is 0.321 e. The number of amides is 1. The molecule has 174 valence electrons. The van der Waals surface area contributed by atoms with E-state index in [0.29, 0.717) is 12.8 Å². The molecule has 1 rings (SSSR count). The fourth-order valence-electron chi connectivity index (χ4n) is 3.10. The van der Waals surface area contributed by atoms with Crippen molar-refractivity contribution in [2.24, 2.45) is 11.5 Å². The molecule has 0 spiro atoms. The monoisotopic (exact) mass is 441 g/mol. The minimum atomic E-state index is -2.25. The number of hydrogen-bond donors (Lipinski definition) is 8. The molecule has 0 aromatic heterocycles. The molecule has 1 amide bonds. The summed E-state index contributed by atoms with van der Waals surface area (Å²) in [4.78, 5) is 36.2. The number of nitrogens with two attached hydrogens (primary N) is 2. The number of carboxylic acids is 1. The van der Waals surface area contributed by atoms with Crippen molar-refractivity contribution >= 4 is 17.7 Å². The first-order valence-electron chi connectivity index (χ1n) is 9.84. The van der Waals surface area contributed by atoms with Crippen LogP contribution in [0.4, 0.5) is 0 Å². The molecule has 31 heavy (non-hydrogen) atoms. The average molecular weight is 441 g/mol. The molecular formula is C20H31N3O8. The molecule has 1 aromatic rings. The first kappa shape index (κ1) is 26.6. The van der Waals surface area contributed by atoms with Gasteiger partial charge in [0.05, 0.1) is 24.6 Å². The Bertz CT molecular complexity index is 732. The molecule has 0 bridgehead atoms. The lowest BCUT2D eigenvalue weighted by molar-refractivity contribution is -0.148. The second kappa shape index (κ2) is 12.4. The average Bonchev–Trinajstić information content (AvgIpc) is 2.76. The van der Waals surface area contributed by atoms with Gasteiger partial charge in [0.1, 0.15) is 24.4 Å². The zero-order chi connectivity index (χ0) is 23.7. The van der Waals surface area contributed by atoms with Gasteiger partial charge < -0.3 is 42.3 Å². The van der Waals surface area contributed by atoms with Gasteiger partial charge in [0.2, 0.25) is 5.91 Å². The maximum absolute atomic E-state index is 12.8. The number of aliphatic hydroxyl groups is 4. The SMILES string of the molecule is CCC[C@H](N)C(=O)N[C@@H](CO)[C@@H](O)[C@@H](O)[C@H](O)C(=O)C(c1ccccc1)[C@H](N)C(=O)O. The second-order valence-corrected chi connectivity index (χ2v) is 7.27. The Morgan fingerprint density at radius 3 is 2.10 bits per heavy atom. The van der Waals surface area contributed by atoms with E-state index in [1.165, 1.54) is 12.1 Å². The number of carbonyl (C=O) groups is 3. The highest BCUT2D eigenvalue weighted by Gasteiger charge is 2.42. The number of nitrogens with one attached hydrogen (secondary N) is 1. The van der Waals surface area contributed by atoms with E-state index < -0.39 is 66.6 Å². The van der Waals surface area contributed by atoms with Crippen molar-refractivity contribution < 1.29 is 39.9 Å². The third-order valence-corrected chi connectivity index (χ3v) is 4.95. The van der Waals surface area contributed by atoms with E-state index in [4.69, 9.17) is 11.5 Å². The Morgan fingerprint density at radius 2 is 1.61 bits per heavy atom. The summed E-state index contributed by atoms with van der Waals surface area (Å²) in [5.74, 6) is -4.85. The minimum absolute atomic E-state index is 0.195. The highest BCUT2D eigenvalue weighted by Crippen LogP contribution is 2.23. The lowest BCUT2D eigenvalue weighted by atomic mass is 9.83. The van der Waals surface area contributed by atoms with Gasteiger partial charge in [-0.25, -0.2) is 0 Å². The third-order valence-electron chi connectivity index (χ3n) is 4.95. The maximum Gasteiger partial charge on any atom is 0.321 e. The standard InChI is InChI=1S/C20H31N3O8/c1-2-6-11(21)19(29)23-12(9-24)15(25)17(27)18(28)16(26)13(14(22)20(30)31)10-7-4-3-5-8-10/h3-5,7-8,11-15,17-18,24-25,27-28H,2,6,9,21-22H2,1H3,(H,23,29)(H,30,31)/t11-,12-,13?,14-,15+,17+,18+/m0/s1. The topological polar surface area (TPSA) is 216 Å². The summed E-state index contributed by atoms with van der Waals surface area (Å²) < 4.78 is 0. The Labute approximate surface area is 179 Å². The number of ketones is 1. The van der Waals surface area contributed by atoms with Crippen LogP contribution < -0.4 is 16.8 Å². The molecule has 0 fully saturated rings. The molecule has 1 aromatic carbocycles. The van der Waals surface area contributed by atoms with Crippen molar-refractivity contribution in [3.05, 3.63) is 35.9 Å². The molecule has 0 heterocycles. The van der Waals surface area contributed by atoms with Gasteiger partial charge in [-0.3, -0.25) is 14.4 Å². The van der Waals surface area contributed by atoms with Crippen LogP contribution in [0.3, 0.4) is 0 Å². The molecule has 11 nitrogen and oxygen atoms in total. The van der Waals surface area contributed by atoms with E-state index >= 15 is 0 Å². The van der Waals surface area contributed by atoms with Crippen LogP contribution in [0.1, 0.15) is 31.2 Å². The van der Waals surface area contributed by atoms with E-state index in [2.05, 4.69) is 5.32 Å². The van der Waals surface area contributed by atoms with Crippen LogP contribution in [0.2, 0.25) is 0 Å². The van der Waals surface area contributed by atoms with Crippen molar-refractivity contribution in [1.29, 1.82) is 0 Å². The molecule has 0 saturated carbocycles. The van der Waals surface area contributed by atoms with Crippen LogP contribution in [0.25, 0.3) is 0 Å². The first-order chi connectivity index (χ1) is 14.6. The molecule has 0 aliphatic rings. The Morgan fingerprint density at radius 1 is 1.03 bits per heavy atom. The van der Waals surface area contributed by atoms with Crippen LogP contribution in [0.15, 0.2) is 30.3 Å². The lowest BCUT2D eigenvalue weighted by Gasteiger charge is -2.31. The van der Waals surface area contributed by atoms with Gasteiger partial charge >= 0.3 is 5.97 Å². The van der Waals surface area contributed by atoms with Gasteiger partial charge in [-0.15, -0.1) is 0 Å². The fourth-order valence-corrected chi connectivity index (χ4v) is 3.10. The van der Waals surface area contributed by atoms with E-state index in [9.17, 15) is 39.9 Å². The number of aliphatic carboxylic acids is 1. The molecule has 11 heteroatoms. The van der Waals surface area contributed by atoms with Gasteiger partial charge in [0.15, 0.2) is 5.78 Å². The van der Waals surface area contributed by atoms with Crippen molar-refractivity contribution in [2.45, 2.75) is 62.1 Å². The number of Topliss-reactive ketones (excluding diaryl/α,β-unsaturated/α-hetero) is 1. The number of carboxylic acid groups (broad SMARTS) is 1. The second-order valence-electron chi connectivity index (χ2n) is 7.27. The number of rotatable bonds is 13. The van der Waals surface area contributed by atoms with E-state index in [-0.39, 0.29) is 5.56 Å². The summed E-state index contributed by atoms with van der Waals surface area (Å²) in [6, 6.07) is 3.51. The predicted octanol–water partition coefficient (Wildman–Crippen LogP) is -2.56. The molecule has 1 unspecified atom stereocenters. The summed E-state index contributed by atoms with van der Waals surface area (Å²) in [6.07, 6.45) is -5.41. The van der Waals surface area contributed by atoms with E-state index in [1.54, 1.807) is 18.2 Å². The predicted molar refractivity (Wildman–Crippen MR) is 110 cm³/mol. The van der Waals surface area contributed by atoms with Gasteiger partial charge in [0, 0.05) is 0 Å². The first-order valence-corrected chi connectivity index (χ1v) is 9.84. The highest BCUT2D eigenvalue weighted by atomic mass is 16.4. The van der Waals surface area contributed by atoms with Crippen molar-refractivity contribution in [3.8, 4) is 0 Å². The van der Waals surface area contributed by atoms with E-state index in [0.717, 1.165) is 0 Å². The lowest BCUT2D eigenvalue weighted by Crippen LogP contribution is -2.58. The van der Waals surface area contributed by atoms with Crippen LogP contribution in [-0.4, -0.2) is 86.2 Å². The Kier molecular flexibility index (Phi) is 10.7. The van der Waals surface area contributed by atoms with Crippen molar-refractivity contribution in [3.63, 3.8) is 0 Å². The van der Waals surface area contributed by atoms with Gasteiger partial charge in [-0.1, -0.05) is 43.7 Å². The van der Waals surface area contributed by atoms with Crippen LogP contribution in [-0.2, 0) is 14.4 Å². The summed E-state index contributed by atoms with van der Waals surface area (Å²) >= 11 is 0. The zero-order valence-electron chi connectivity index (χ0n) is 17.2. The quantitative estimate of drug-likeness (QED) is 0.160. The van der Waals surface area contributed by atoms with Crippen LogP contribution in [0, 0.1) is 0 Å². The normalized spacial score (nSPS) is 18.2. The van der Waals surface area contributed by atoms with Crippen molar-refractivity contribution in [1.82, 2.24) is 5.32 Å². The number of benzene rings is 1. The largest absolute Gasteiger partial charge is 0.480 e. The molecule has 0 aliphatic carbocycles. The van der Waals surface area contributed by atoms with Gasteiger partial charge in [-0.2, -0.15) is 0 Å². The van der Waals surface area contributed by atoms with Crippen LogP contribution >= 0.6 is 0 Å². The minimum Gasteiger partial charge on any atom is -0.480 e. The van der Waals surface area contributed by atoms with E-state index in [1.807, 2.05) is 6.92 Å². The number of aliphatic hydroxyl groups excluding tert-OH is 4. The molecule has 0 aliphatic heterocycles. The summed E-state index contributed by atoms with van der Waals surface area (Å²) in [5.41, 5.74) is 11.5. The molecule has 0 radical (unpaired) electrons. The summed E-state index contributed by atoms with van der Waals surface area (Å²) in [7, 11) is 0. The van der Waals surface area contributed by atoms with Gasteiger partial charge in [0.25, 0.3) is 0 Å². The number of hydrogen-bond acceptors (Lipinski definition) is 9. The third kappa shape index (κ3) is 7.06. The Balaban J connectivity index is 3.03. The maximum atomic E-state index is 12.8. The van der Waals surface area contributed by atoms with Gasteiger partial charge in [-0.05, 0) is 12.0 Å². The Hall–Kier alpha value is -2.41. The zero-order valence-corrected chi connectivity index (χ0v) is 17.2. The molecule has 0 saturated heterocycles. The summed E-state index contributed by atoms with van der Waals surface area (Å²) in [5, 5.41) is 52.0. The highest BCUT2D eigenvalue weighted by molar-refractivity contribution is 5.95. The fraction of sp³-hybridized carbons (Fsp3) is 0.550. The molecule has 7 atom stereocenters. The molecular weight excluding hydrogens is 410 g/mol.